The fourth-order valence-corrected chi connectivity index (χ4v) is 3.08. The Morgan fingerprint density at radius 2 is 1.74 bits per heavy atom. The Morgan fingerprint density at radius 3 is 2.33 bits per heavy atom. The molecule has 5 nitrogen and oxygen atoms in total. The Hall–Kier alpha value is -2.37. The van der Waals surface area contributed by atoms with Gasteiger partial charge in [-0.25, -0.2) is 0 Å². The third-order valence-corrected chi connectivity index (χ3v) is 4.75. The second-order valence-electron chi connectivity index (χ2n) is 6.84. The monoisotopic (exact) mass is 387 g/mol. The van der Waals surface area contributed by atoms with Crippen LogP contribution in [0.1, 0.15) is 41.1 Å². The molecule has 1 saturated heterocycles. The lowest BCUT2D eigenvalue weighted by molar-refractivity contribution is -0.128. The van der Waals surface area contributed by atoms with Gasteiger partial charge in [0.2, 0.25) is 11.8 Å². The van der Waals surface area contributed by atoms with E-state index in [1.165, 1.54) is 0 Å². The molecule has 2 aromatic carbocycles. The van der Waals surface area contributed by atoms with Crippen LogP contribution >= 0.6 is 12.4 Å². The van der Waals surface area contributed by atoms with Crippen molar-refractivity contribution in [2.24, 2.45) is 5.73 Å². The number of nitrogens with zero attached hydrogens (tertiary/aromatic N) is 1. The van der Waals surface area contributed by atoms with Crippen LogP contribution in [0.4, 0.5) is 0 Å². The van der Waals surface area contributed by atoms with Gasteiger partial charge >= 0.3 is 0 Å². The number of halogens is 1. The largest absolute Gasteiger partial charge is 0.350 e. The van der Waals surface area contributed by atoms with E-state index in [0.717, 1.165) is 35.2 Å². The molecule has 1 aliphatic rings. The van der Waals surface area contributed by atoms with Crippen LogP contribution in [0, 0.1) is 6.92 Å². The number of likely N-dealkylation sites (tertiary alicyclic amines) is 1. The summed E-state index contributed by atoms with van der Waals surface area (Å²) >= 11 is 0. The fraction of sp³-hybridized carbons (Fsp3) is 0.333. The summed E-state index contributed by atoms with van der Waals surface area (Å²) in [6.07, 6.45) is 1.61. The Morgan fingerprint density at radius 1 is 1.11 bits per heavy atom. The Bertz CT molecular complexity index is 775. The van der Waals surface area contributed by atoms with E-state index in [1.807, 2.05) is 60.4 Å². The van der Waals surface area contributed by atoms with E-state index < -0.39 is 6.04 Å². The molecule has 0 bridgehead atoms. The van der Waals surface area contributed by atoms with Crippen LogP contribution in [0.25, 0.3) is 0 Å². The second-order valence-corrected chi connectivity index (χ2v) is 6.84. The highest BCUT2D eigenvalue weighted by Crippen LogP contribution is 2.15. The quantitative estimate of drug-likeness (QED) is 0.800. The predicted octanol–water partition coefficient (Wildman–Crippen LogP) is 2.86. The molecule has 0 spiro atoms. The topological polar surface area (TPSA) is 75.4 Å². The van der Waals surface area contributed by atoms with Crippen molar-refractivity contribution < 1.29 is 9.59 Å². The number of amides is 2. The third kappa shape index (κ3) is 5.55. The van der Waals surface area contributed by atoms with Gasteiger partial charge in [0, 0.05) is 26.1 Å². The van der Waals surface area contributed by atoms with Gasteiger partial charge in [-0.1, -0.05) is 54.1 Å². The van der Waals surface area contributed by atoms with Crippen LogP contribution in [0.3, 0.4) is 0 Å². The summed E-state index contributed by atoms with van der Waals surface area (Å²) < 4.78 is 0. The zero-order chi connectivity index (χ0) is 18.5. The summed E-state index contributed by atoms with van der Waals surface area (Å²) in [7, 11) is 0. The van der Waals surface area contributed by atoms with E-state index in [0.29, 0.717) is 19.5 Å². The van der Waals surface area contributed by atoms with Crippen LogP contribution in [-0.4, -0.2) is 23.3 Å². The molecule has 144 valence electrons. The van der Waals surface area contributed by atoms with Crippen LogP contribution < -0.4 is 11.1 Å². The highest BCUT2D eigenvalue weighted by molar-refractivity contribution is 5.85. The molecule has 3 N–H and O–H groups in total. The highest BCUT2D eigenvalue weighted by atomic mass is 35.5. The lowest BCUT2D eigenvalue weighted by atomic mass is 10.1. The SMILES string of the molecule is Cc1ccc(C(N)C(=O)NCc2ccc(CN3CCCC3=O)cc2)cc1.Cl. The zero-order valence-electron chi connectivity index (χ0n) is 15.5. The number of carbonyl (C=O) groups excluding carboxylic acids is 2. The van der Waals surface area contributed by atoms with Crippen molar-refractivity contribution in [3.05, 3.63) is 70.8 Å². The Labute approximate surface area is 166 Å². The average Bonchev–Trinajstić information content (AvgIpc) is 3.05. The van der Waals surface area contributed by atoms with Gasteiger partial charge in [-0.15, -0.1) is 12.4 Å². The van der Waals surface area contributed by atoms with Crippen LogP contribution in [0.15, 0.2) is 48.5 Å². The molecule has 0 aliphatic carbocycles. The zero-order valence-corrected chi connectivity index (χ0v) is 16.3. The third-order valence-electron chi connectivity index (χ3n) is 4.75. The van der Waals surface area contributed by atoms with Crippen molar-refractivity contribution in [1.29, 1.82) is 0 Å². The van der Waals surface area contributed by atoms with Crippen LogP contribution in [0.5, 0.6) is 0 Å². The first-order chi connectivity index (χ1) is 12.5. The molecule has 1 unspecified atom stereocenters. The molecular formula is C21H26ClN3O2. The molecule has 2 aromatic rings. The molecule has 0 saturated carbocycles. The molecular weight excluding hydrogens is 362 g/mol. The van der Waals surface area contributed by atoms with Crippen molar-refractivity contribution in [2.45, 2.75) is 38.9 Å². The number of nitrogens with one attached hydrogen (secondary N) is 1. The number of hydrogen-bond donors (Lipinski definition) is 2. The lowest BCUT2D eigenvalue weighted by Gasteiger charge is -2.16. The van der Waals surface area contributed by atoms with Crippen LogP contribution in [0.2, 0.25) is 0 Å². The van der Waals surface area contributed by atoms with E-state index in [4.69, 9.17) is 5.73 Å². The first kappa shape index (κ1) is 20.9. The van der Waals surface area contributed by atoms with Gasteiger partial charge in [-0.3, -0.25) is 9.59 Å². The van der Waals surface area contributed by atoms with Crippen molar-refractivity contribution in [2.75, 3.05) is 6.54 Å². The molecule has 0 aromatic heterocycles. The van der Waals surface area contributed by atoms with Gasteiger partial charge in [0.05, 0.1) is 0 Å². The summed E-state index contributed by atoms with van der Waals surface area (Å²) in [5, 5.41) is 2.88. The van der Waals surface area contributed by atoms with Crippen molar-refractivity contribution in [3.8, 4) is 0 Å². The second kappa shape index (κ2) is 9.53. The smallest absolute Gasteiger partial charge is 0.241 e. The average molecular weight is 388 g/mol. The van der Waals surface area contributed by atoms with E-state index in [9.17, 15) is 9.59 Å². The standard InChI is InChI=1S/C21H25N3O2.ClH/c1-15-4-10-18(11-5-15)20(22)21(26)23-13-16-6-8-17(9-7-16)14-24-12-2-3-19(24)25;/h4-11,20H,2-3,12-14,22H2,1H3,(H,23,26);1H. The van der Waals surface area contributed by atoms with E-state index >= 15 is 0 Å². The number of carbonyl (C=O) groups is 2. The molecule has 1 aliphatic heterocycles. The number of aryl methyl sites for hydroxylation is 1. The first-order valence-corrected chi connectivity index (χ1v) is 8.98. The summed E-state index contributed by atoms with van der Waals surface area (Å²) in [4.78, 5) is 25.8. The summed E-state index contributed by atoms with van der Waals surface area (Å²) in [6, 6.07) is 15.0. The molecule has 1 fully saturated rings. The molecule has 27 heavy (non-hydrogen) atoms. The van der Waals surface area contributed by atoms with Gasteiger partial charge in [0.15, 0.2) is 0 Å². The lowest BCUT2D eigenvalue weighted by Crippen LogP contribution is -2.33. The predicted molar refractivity (Wildman–Crippen MR) is 108 cm³/mol. The maximum atomic E-state index is 12.3. The van der Waals surface area contributed by atoms with Crippen molar-refractivity contribution >= 4 is 24.2 Å². The minimum absolute atomic E-state index is 0. The number of benzene rings is 2. The number of hydrogen-bond acceptors (Lipinski definition) is 3. The van der Waals surface area contributed by atoms with E-state index in [-0.39, 0.29) is 24.2 Å². The van der Waals surface area contributed by atoms with Gasteiger partial charge in [-0.05, 0) is 30.0 Å². The van der Waals surface area contributed by atoms with Gasteiger partial charge in [0.25, 0.3) is 0 Å². The Kier molecular flexibility index (Phi) is 7.39. The summed E-state index contributed by atoms with van der Waals surface area (Å²) in [5.74, 6) is 0.0343. The maximum Gasteiger partial charge on any atom is 0.241 e. The van der Waals surface area contributed by atoms with Gasteiger partial charge in [0.1, 0.15) is 6.04 Å². The highest BCUT2D eigenvalue weighted by Gasteiger charge is 2.20. The minimum atomic E-state index is -0.670. The van der Waals surface area contributed by atoms with Crippen LogP contribution in [-0.2, 0) is 22.7 Å². The maximum absolute atomic E-state index is 12.3. The molecule has 2 amide bonds. The minimum Gasteiger partial charge on any atom is -0.350 e. The Balaban J connectivity index is 0.00000261. The summed E-state index contributed by atoms with van der Waals surface area (Å²) in [6.45, 7) is 3.93. The van der Waals surface area contributed by atoms with Gasteiger partial charge in [-0.2, -0.15) is 0 Å². The van der Waals surface area contributed by atoms with Gasteiger partial charge < -0.3 is 16.0 Å². The van der Waals surface area contributed by atoms with E-state index in [2.05, 4.69) is 5.32 Å². The molecule has 1 atom stereocenters. The fourth-order valence-electron chi connectivity index (χ4n) is 3.08. The molecule has 3 rings (SSSR count). The molecule has 0 radical (unpaired) electrons. The van der Waals surface area contributed by atoms with Crippen molar-refractivity contribution in [1.82, 2.24) is 10.2 Å². The first-order valence-electron chi connectivity index (χ1n) is 8.98. The van der Waals surface area contributed by atoms with E-state index in [1.54, 1.807) is 0 Å². The summed E-state index contributed by atoms with van der Waals surface area (Å²) in [5.41, 5.74) is 10.1. The normalized spacial score (nSPS) is 14.6. The molecule has 6 heteroatoms. The number of nitrogens with two attached hydrogens (primary N) is 1. The van der Waals surface area contributed by atoms with Crippen molar-refractivity contribution in [3.63, 3.8) is 0 Å². The molecule has 1 heterocycles. The number of rotatable bonds is 6.